The van der Waals surface area contributed by atoms with Crippen molar-refractivity contribution in [2.75, 3.05) is 26.2 Å². The second-order valence-corrected chi connectivity index (χ2v) is 11.3. The number of fused-ring (bicyclic) bond motifs is 1. The lowest BCUT2D eigenvalue weighted by molar-refractivity contribution is 0.0682. The van der Waals surface area contributed by atoms with Crippen LogP contribution < -0.4 is 0 Å². The molecule has 0 aliphatic carbocycles. The van der Waals surface area contributed by atoms with E-state index in [4.69, 9.17) is 0 Å². The minimum absolute atomic E-state index is 0.0609. The molecule has 2 aliphatic rings. The SMILES string of the molecule is O=C(c1ccc2[nH]cc(C(=O)N3CCC(Cc4ccccc4)CC3)c2c1)N1CCC(Cc2ccccc2)CC1. The van der Waals surface area contributed by atoms with Crippen LogP contribution in [0.1, 0.15) is 57.5 Å². The van der Waals surface area contributed by atoms with E-state index in [2.05, 4.69) is 65.6 Å². The number of aromatic amines is 1. The monoisotopic (exact) mass is 519 g/mol. The van der Waals surface area contributed by atoms with Gasteiger partial charge in [-0.15, -0.1) is 0 Å². The summed E-state index contributed by atoms with van der Waals surface area (Å²) in [5, 5.41) is 0.844. The van der Waals surface area contributed by atoms with Gasteiger partial charge >= 0.3 is 0 Å². The van der Waals surface area contributed by atoms with E-state index in [0.717, 1.165) is 75.6 Å². The van der Waals surface area contributed by atoms with Crippen LogP contribution in [0, 0.1) is 11.8 Å². The maximum Gasteiger partial charge on any atom is 0.256 e. The Hall–Kier alpha value is -3.86. The van der Waals surface area contributed by atoms with Crippen LogP contribution in [-0.2, 0) is 12.8 Å². The van der Waals surface area contributed by atoms with Crippen LogP contribution in [0.3, 0.4) is 0 Å². The molecule has 0 spiro atoms. The first kappa shape index (κ1) is 25.4. The van der Waals surface area contributed by atoms with Crippen molar-refractivity contribution in [3.8, 4) is 0 Å². The van der Waals surface area contributed by atoms with E-state index in [0.29, 0.717) is 23.0 Å². The van der Waals surface area contributed by atoms with Crippen LogP contribution in [0.15, 0.2) is 85.1 Å². The van der Waals surface area contributed by atoms with Crippen LogP contribution in [0.25, 0.3) is 10.9 Å². The van der Waals surface area contributed by atoms with Gasteiger partial charge in [-0.05, 0) is 79.7 Å². The fourth-order valence-electron chi connectivity index (χ4n) is 6.36. The van der Waals surface area contributed by atoms with E-state index in [1.807, 2.05) is 34.2 Å². The molecular weight excluding hydrogens is 482 g/mol. The van der Waals surface area contributed by atoms with Gasteiger partial charge in [-0.25, -0.2) is 0 Å². The molecule has 4 aromatic rings. The zero-order chi connectivity index (χ0) is 26.6. The zero-order valence-electron chi connectivity index (χ0n) is 22.5. The molecule has 0 unspecified atom stereocenters. The summed E-state index contributed by atoms with van der Waals surface area (Å²) < 4.78 is 0. The van der Waals surface area contributed by atoms with Crippen LogP contribution in [0.5, 0.6) is 0 Å². The van der Waals surface area contributed by atoms with Crippen molar-refractivity contribution in [2.24, 2.45) is 11.8 Å². The van der Waals surface area contributed by atoms with Crippen molar-refractivity contribution in [1.29, 1.82) is 0 Å². The lowest BCUT2D eigenvalue weighted by Gasteiger charge is -2.32. The number of hydrogen-bond acceptors (Lipinski definition) is 2. The molecule has 0 saturated carbocycles. The van der Waals surface area contributed by atoms with Gasteiger partial charge in [-0.2, -0.15) is 0 Å². The van der Waals surface area contributed by atoms with Gasteiger partial charge < -0.3 is 14.8 Å². The number of H-pyrrole nitrogens is 1. The van der Waals surface area contributed by atoms with E-state index in [-0.39, 0.29) is 11.8 Å². The first-order chi connectivity index (χ1) is 19.1. The Balaban J connectivity index is 1.08. The normalized spacial score (nSPS) is 17.0. The standard InChI is InChI=1S/C34H37N3O2/c38-33(36-17-13-27(14-18-36)21-25-7-3-1-4-8-25)29-11-12-32-30(23-29)31(24-35-32)34(39)37-19-15-28(16-20-37)22-26-9-5-2-6-10-26/h1-12,23-24,27-28,35H,13-22H2. The van der Waals surface area contributed by atoms with Crippen LogP contribution in [-0.4, -0.2) is 52.8 Å². The molecule has 0 radical (unpaired) electrons. The molecule has 1 N–H and O–H groups in total. The van der Waals surface area contributed by atoms with Crippen LogP contribution in [0.4, 0.5) is 0 Å². The molecule has 2 aliphatic heterocycles. The average molecular weight is 520 g/mol. The molecule has 3 aromatic carbocycles. The molecule has 5 heteroatoms. The van der Waals surface area contributed by atoms with Crippen molar-refractivity contribution in [3.63, 3.8) is 0 Å². The van der Waals surface area contributed by atoms with Crippen LogP contribution in [0.2, 0.25) is 0 Å². The fraction of sp³-hybridized carbons (Fsp3) is 0.353. The quantitative estimate of drug-likeness (QED) is 0.322. The number of aromatic nitrogens is 1. The molecule has 2 saturated heterocycles. The minimum atomic E-state index is 0.0609. The van der Waals surface area contributed by atoms with E-state index in [1.54, 1.807) is 0 Å². The van der Waals surface area contributed by atoms with Crippen molar-refractivity contribution in [1.82, 2.24) is 14.8 Å². The number of likely N-dealkylation sites (tertiary alicyclic amines) is 2. The second kappa shape index (κ2) is 11.5. The highest BCUT2D eigenvalue weighted by molar-refractivity contribution is 6.09. The number of piperidine rings is 2. The van der Waals surface area contributed by atoms with Crippen molar-refractivity contribution in [3.05, 3.63) is 107 Å². The Morgan fingerprint density at radius 3 is 1.72 bits per heavy atom. The van der Waals surface area contributed by atoms with Gasteiger partial charge in [0, 0.05) is 48.8 Å². The first-order valence-corrected chi connectivity index (χ1v) is 14.4. The Morgan fingerprint density at radius 2 is 1.18 bits per heavy atom. The molecule has 5 nitrogen and oxygen atoms in total. The van der Waals surface area contributed by atoms with E-state index in [1.165, 1.54) is 11.1 Å². The molecule has 2 fully saturated rings. The average Bonchev–Trinajstić information content (AvgIpc) is 3.42. The number of carbonyl (C=O) groups is 2. The number of nitrogens with one attached hydrogen (secondary N) is 1. The lowest BCUT2D eigenvalue weighted by atomic mass is 9.90. The zero-order valence-corrected chi connectivity index (χ0v) is 22.5. The van der Waals surface area contributed by atoms with E-state index in [9.17, 15) is 9.59 Å². The Kier molecular flexibility index (Phi) is 7.49. The maximum atomic E-state index is 13.5. The van der Waals surface area contributed by atoms with Crippen LogP contribution >= 0.6 is 0 Å². The summed E-state index contributed by atoms with van der Waals surface area (Å²) >= 11 is 0. The van der Waals surface area contributed by atoms with Crippen molar-refractivity contribution < 1.29 is 9.59 Å². The minimum Gasteiger partial charge on any atom is -0.360 e. The highest BCUT2D eigenvalue weighted by Gasteiger charge is 2.27. The summed E-state index contributed by atoms with van der Waals surface area (Å²) in [4.78, 5) is 34.2. The van der Waals surface area contributed by atoms with Crippen molar-refractivity contribution in [2.45, 2.75) is 38.5 Å². The van der Waals surface area contributed by atoms with Gasteiger partial charge in [-0.3, -0.25) is 9.59 Å². The van der Waals surface area contributed by atoms with Gasteiger partial charge in [0.05, 0.1) is 5.56 Å². The highest BCUT2D eigenvalue weighted by atomic mass is 16.2. The summed E-state index contributed by atoms with van der Waals surface area (Å²) in [6.07, 6.45) is 8.05. The van der Waals surface area contributed by atoms with Gasteiger partial charge in [0.1, 0.15) is 0 Å². The highest BCUT2D eigenvalue weighted by Crippen LogP contribution is 2.28. The van der Waals surface area contributed by atoms with Crippen molar-refractivity contribution >= 4 is 22.7 Å². The number of nitrogens with zero attached hydrogens (tertiary/aromatic N) is 2. The summed E-state index contributed by atoms with van der Waals surface area (Å²) in [7, 11) is 0. The molecule has 1 aromatic heterocycles. The summed E-state index contributed by atoms with van der Waals surface area (Å²) in [5.41, 5.74) is 4.98. The van der Waals surface area contributed by atoms with Gasteiger partial charge in [-0.1, -0.05) is 60.7 Å². The molecule has 0 atom stereocenters. The lowest BCUT2D eigenvalue weighted by Crippen LogP contribution is -2.39. The molecular formula is C34H37N3O2. The van der Waals surface area contributed by atoms with E-state index >= 15 is 0 Å². The van der Waals surface area contributed by atoms with Gasteiger partial charge in [0.2, 0.25) is 0 Å². The topological polar surface area (TPSA) is 56.4 Å². The molecule has 200 valence electrons. The Labute approximate surface area is 230 Å². The molecule has 39 heavy (non-hydrogen) atoms. The largest absolute Gasteiger partial charge is 0.360 e. The number of rotatable bonds is 6. The Morgan fingerprint density at radius 1 is 0.667 bits per heavy atom. The summed E-state index contributed by atoms with van der Waals surface area (Å²) in [6.45, 7) is 3.12. The third kappa shape index (κ3) is 5.78. The summed E-state index contributed by atoms with van der Waals surface area (Å²) in [5.74, 6) is 1.35. The first-order valence-electron chi connectivity index (χ1n) is 14.4. The predicted molar refractivity (Wildman–Crippen MR) is 156 cm³/mol. The molecule has 0 bridgehead atoms. The fourth-order valence-corrected chi connectivity index (χ4v) is 6.36. The number of amides is 2. The Bertz CT molecular complexity index is 1410. The second-order valence-electron chi connectivity index (χ2n) is 11.3. The predicted octanol–water partition coefficient (Wildman–Crippen LogP) is 6.36. The molecule has 6 rings (SSSR count). The third-order valence-electron chi connectivity index (χ3n) is 8.70. The number of benzene rings is 3. The molecule has 2 amide bonds. The van der Waals surface area contributed by atoms with Gasteiger partial charge in [0.25, 0.3) is 11.8 Å². The third-order valence-corrected chi connectivity index (χ3v) is 8.70. The van der Waals surface area contributed by atoms with E-state index < -0.39 is 0 Å². The summed E-state index contributed by atoms with van der Waals surface area (Å²) in [6, 6.07) is 27.0. The van der Waals surface area contributed by atoms with Gasteiger partial charge in [0.15, 0.2) is 0 Å². The number of carbonyl (C=O) groups excluding carboxylic acids is 2. The number of hydrogen-bond donors (Lipinski definition) is 1. The smallest absolute Gasteiger partial charge is 0.256 e. The maximum absolute atomic E-state index is 13.5. The molecule has 3 heterocycles.